The van der Waals surface area contributed by atoms with Crippen LogP contribution in [0.15, 0.2) is 18.3 Å². The van der Waals surface area contributed by atoms with Crippen LogP contribution in [-0.2, 0) is 5.54 Å². The fraction of sp³-hybridized carbons (Fsp3) is 0.400. The van der Waals surface area contributed by atoms with Crippen molar-refractivity contribution in [3.05, 3.63) is 29.7 Å². The minimum atomic E-state index is -0.465. The lowest BCUT2D eigenvalue weighted by Crippen LogP contribution is -2.31. The molecule has 4 nitrogen and oxygen atoms in total. The monoisotopic (exact) mass is 226 g/mol. The molecule has 2 heterocycles. The zero-order valence-electron chi connectivity index (χ0n) is 9.06. The molecule has 0 saturated carbocycles. The Morgan fingerprint density at radius 1 is 1.33 bits per heavy atom. The predicted octanol–water partition coefficient (Wildman–Crippen LogP) is 1.65. The number of hydrogen-bond donors (Lipinski definition) is 1. The van der Waals surface area contributed by atoms with E-state index in [1.807, 2.05) is 43.5 Å². The van der Waals surface area contributed by atoms with E-state index in [9.17, 15) is 0 Å². The van der Waals surface area contributed by atoms with Crippen molar-refractivity contribution >= 4 is 18.1 Å². The highest BCUT2D eigenvalue weighted by Gasteiger charge is 2.21. The third kappa shape index (κ3) is 1.96. The molecule has 5 heteroatoms. The maximum atomic E-state index is 5.99. The van der Waals surface area contributed by atoms with Crippen molar-refractivity contribution in [3.8, 4) is 0 Å². The molecule has 0 fully saturated rings. The maximum absolute atomic E-state index is 5.99. The summed E-state index contributed by atoms with van der Waals surface area (Å²) in [5.74, 6) is 0.788. The Kier molecular flexibility index (Phi) is 3.02. The van der Waals surface area contributed by atoms with Crippen molar-refractivity contribution in [2.24, 2.45) is 5.73 Å². The van der Waals surface area contributed by atoms with Crippen molar-refractivity contribution in [2.45, 2.75) is 26.3 Å². The van der Waals surface area contributed by atoms with Crippen LogP contribution >= 0.6 is 12.4 Å². The molecule has 2 aromatic heterocycles. The second-order valence-electron chi connectivity index (χ2n) is 4.13. The van der Waals surface area contributed by atoms with E-state index in [0.717, 1.165) is 17.0 Å². The second-order valence-corrected chi connectivity index (χ2v) is 4.13. The molecule has 0 aromatic carbocycles. The highest BCUT2D eigenvalue weighted by atomic mass is 35.5. The first-order valence-electron chi connectivity index (χ1n) is 4.60. The normalized spacial score (nSPS) is 11.5. The van der Waals surface area contributed by atoms with Gasteiger partial charge in [0.2, 0.25) is 0 Å². The molecule has 0 unspecified atom stereocenters. The van der Waals surface area contributed by atoms with Crippen molar-refractivity contribution in [2.75, 3.05) is 0 Å². The summed E-state index contributed by atoms with van der Waals surface area (Å²) in [6.45, 7) is 5.86. The Bertz CT molecular complexity index is 470. The van der Waals surface area contributed by atoms with Gasteiger partial charge in [-0.05, 0) is 32.4 Å². The van der Waals surface area contributed by atoms with Crippen molar-refractivity contribution in [1.29, 1.82) is 0 Å². The fourth-order valence-corrected chi connectivity index (χ4v) is 1.49. The predicted molar refractivity (Wildman–Crippen MR) is 62.2 cm³/mol. The molecule has 15 heavy (non-hydrogen) atoms. The number of pyridine rings is 1. The zero-order chi connectivity index (χ0) is 10.3. The summed E-state index contributed by atoms with van der Waals surface area (Å²) in [5, 5.41) is 8.23. The maximum Gasteiger partial charge on any atom is 0.163 e. The Hall–Kier alpha value is -1.13. The molecule has 0 aliphatic heterocycles. The van der Waals surface area contributed by atoms with E-state index >= 15 is 0 Å². The van der Waals surface area contributed by atoms with Crippen LogP contribution in [-0.4, -0.2) is 14.6 Å². The summed E-state index contributed by atoms with van der Waals surface area (Å²) >= 11 is 0. The third-order valence-electron chi connectivity index (χ3n) is 2.21. The van der Waals surface area contributed by atoms with Crippen LogP contribution < -0.4 is 5.73 Å². The van der Waals surface area contributed by atoms with Gasteiger partial charge in [0.05, 0.1) is 5.54 Å². The summed E-state index contributed by atoms with van der Waals surface area (Å²) in [6, 6.07) is 3.98. The molecule has 0 bridgehead atoms. The minimum Gasteiger partial charge on any atom is -0.319 e. The van der Waals surface area contributed by atoms with E-state index in [-0.39, 0.29) is 12.4 Å². The quantitative estimate of drug-likeness (QED) is 0.805. The summed E-state index contributed by atoms with van der Waals surface area (Å²) < 4.78 is 1.94. The first kappa shape index (κ1) is 11.9. The topological polar surface area (TPSA) is 56.2 Å². The van der Waals surface area contributed by atoms with E-state index in [2.05, 4.69) is 10.2 Å². The van der Waals surface area contributed by atoms with Gasteiger partial charge >= 0.3 is 0 Å². The van der Waals surface area contributed by atoms with Crippen molar-refractivity contribution < 1.29 is 0 Å². The van der Waals surface area contributed by atoms with Gasteiger partial charge in [0, 0.05) is 6.20 Å². The standard InChI is InChI=1S/C10H14N4.ClH/c1-7-5-4-6-14-8(7)12-13-9(14)10(2,3)11;/h4-6H,11H2,1-3H3;1H. The number of aryl methyl sites for hydroxylation is 1. The van der Waals surface area contributed by atoms with Gasteiger partial charge in [-0.3, -0.25) is 4.40 Å². The minimum absolute atomic E-state index is 0. The fourth-order valence-electron chi connectivity index (χ4n) is 1.49. The lowest BCUT2D eigenvalue weighted by Gasteiger charge is -2.15. The molecule has 2 N–H and O–H groups in total. The van der Waals surface area contributed by atoms with Crippen LogP contribution in [0.3, 0.4) is 0 Å². The van der Waals surface area contributed by atoms with Gasteiger partial charge in [-0.25, -0.2) is 0 Å². The number of fused-ring (bicyclic) bond motifs is 1. The molecule has 0 atom stereocenters. The smallest absolute Gasteiger partial charge is 0.163 e. The molecule has 0 radical (unpaired) electrons. The van der Waals surface area contributed by atoms with Gasteiger partial charge < -0.3 is 5.73 Å². The van der Waals surface area contributed by atoms with Crippen LogP contribution in [0, 0.1) is 6.92 Å². The van der Waals surface area contributed by atoms with E-state index in [4.69, 9.17) is 5.73 Å². The molecule has 2 aromatic rings. The Labute approximate surface area is 94.9 Å². The molecule has 0 aliphatic rings. The number of halogens is 1. The first-order chi connectivity index (χ1) is 6.50. The number of nitrogens with zero attached hydrogens (tertiary/aromatic N) is 3. The molecule has 0 aliphatic carbocycles. The third-order valence-corrected chi connectivity index (χ3v) is 2.21. The van der Waals surface area contributed by atoms with Gasteiger partial charge in [0.15, 0.2) is 11.5 Å². The summed E-state index contributed by atoms with van der Waals surface area (Å²) in [7, 11) is 0. The molecule has 0 saturated heterocycles. The van der Waals surface area contributed by atoms with Gasteiger partial charge in [-0.15, -0.1) is 22.6 Å². The van der Waals surface area contributed by atoms with Crippen LogP contribution in [0.5, 0.6) is 0 Å². The van der Waals surface area contributed by atoms with Gasteiger partial charge in [-0.2, -0.15) is 0 Å². The van der Waals surface area contributed by atoms with Gasteiger partial charge in [0.25, 0.3) is 0 Å². The van der Waals surface area contributed by atoms with Crippen LogP contribution in [0.4, 0.5) is 0 Å². The molecule has 82 valence electrons. The Balaban J connectivity index is 0.00000112. The summed E-state index contributed by atoms with van der Waals surface area (Å²) in [5.41, 5.74) is 7.51. The highest BCUT2D eigenvalue weighted by molar-refractivity contribution is 5.85. The SMILES string of the molecule is Cc1cccn2c(C(C)(C)N)nnc12.Cl. The van der Waals surface area contributed by atoms with E-state index in [1.54, 1.807) is 0 Å². The molecule has 0 spiro atoms. The summed E-state index contributed by atoms with van der Waals surface area (Å²) in [4.78, 5) is 0. The summed E-state index contributed by atoms with van der Waals surface area (Å²) in [6.07, 6.45) is 1.94. The first-order valence-corrected chi connectivity index (χ1v) is 4.60. The Morgan fingerprint density at radius 3 is 2.60 bits per heavy atom. The average molecular weight is 227 g/mol. The average Bonchev–Trinajstić information content (AvgIpc) is 2.47. The number of nitrogens with two attached hydrogens (primary N) is 1. The Morgan fingerprint density at radius 2 is 2.00 bits per heavy atom. The van der Waals surface area contributed by atoms with E-state index in [1.165, 1.54) is 0 Å². The molecular weight excluding hydrogens is 212 g/mol. The largest absolute Gasteiger partial charge is 0.319 e. The van der Waals surface area contributed by atoms with Crippen LogP contribution in [0.2, 0.25) is 0 Å². The molecular formula is C10H15ClN4. The zero-order valence-corrected chi connectivity index (χ0v) is 9.88. The number of hydrogen-bond acceptors (Lipinski definition) is 3. The second kappa shape index (κ2) is 3.79. The van der Waals surface area contributed by atoms with Crippen LogP contribution in [0.1, 0.15) is 25.2 Å². The lowest BCUT2D eigenvalue weighted by atomic mass is 10.1. The van der Waals surface area contributed by atoms with Gasteiger partial charge in [0.1, 0.15) is 0 Å². The molecule has 0 amide bonds. The lowest BCUT2D eigenvalue weighted by molar-refractivity contribution is 0.508. The van der Waals surface area contributed by atoms with Crippen LogP contribution in [0.25, 0.3) is 5.65 Å². The van der Waals surface area contributed by atoms with Crippen molar-refractivity contribution in [3.63, 3.8) is 0 Å². The van der Waals surface area contributed by atoms with Crippen molar-refractivity contribution in [1.82, 2.24) is 14.6 Å². The highest BCUT2D eigenvalue weighted by Crippen LogP contribution is 2.17. The van der Waals surface area contributed by atoms with E-state index in [0.29, 0.717) is 0 Å². The van der Waals surface area contributed by atoms with Gasteiger partial charge in [-0.1, -0.05) is 6.07 Å². The number of rotatable bonds is 1. The van der Waals surface area contributed by atoms with E-state index < -0.39 is 5.54 Å². The molecule has 2 rings (SSSR count). The number of aromatic nitrogens is 3.